The van der Waals surface area contributed by atoms with Gasteiger partial charge in [-0.05, 0) is 43.9 Å². The Kier molecular flexibility index (Phi) is 11.9. The molecule has 1 aliphatic rings. The molecule has 0 radical (unpaired) electrons. The number of carbonyl (C=O) groups excluding carboxylic acids is 1. The molecule has 0 saturated carbocycles. The summed E-state index contributed by atoms with van der Waals surface area (Å²) in [6.45, 7) is 7.99. The highest BCUT2D eigenvalue weighted by Gasteiger charge is 2.21. The maximum absolute atomic E-state index is 13.5. The molecule has 0 bridgehead atoms. The predicted octanol–water partition coefficient (Wildman–Crippen LogP) is 2.19. The van der Waals surface area contributed by atoms with E-state index in [0.717, 1.165) is 45.4 Å². The Labute approximate surface area is 189 Å². The van der Waals surface area contributed by atoms with E-state index in [4.69, 9.17) is 0 Å². The monoisotopic (exact) mass is 521 g/mol. The van der Waals surface area contributed by atoms with Crippen molar-refractivity contribution in [3.8, 4) is 5.75 Å². The average molecular weight is 521 g/mol. The highest BCUT2D eigenvalue weighted by atomic mass is 127. The topological polar surface area (TPSA) is 89.0 Å². The normalized spacial score (nSPS) is 15.5. The van der Waals surface area contributed by atoms with Gasteiger partial charge in [0.15, 0.2) is 17.5 Å². The van der Waals surface area contributed by atoms with Gasteiger partial charge in [0.1, 0.15) is 0 Å². The first-order chi connectivity index (χ1) is 13.5. The molecule has 1 aromatic carbocycles. The van der Waals surface area contributed by atoms with Crippen molar-refractivity contribution < 1.29 is 14.3 Å². The predicted molar refractivity (Wildman–Crippen MR) is 124 cm³/mol. The van der Waals surface area contributed by atoms with Crippen LogP contribution >= 0.6 is 24.0 Å². The summed E-state index contributed by atoms with van der Waals surface area (Å²) in [7, 11) is 0. The largest absolute Gasteiger partial charge is 0.505 e. The number of guanidine groups is 1. The molecule has 164 valence electrons. The van der Waals surface area contributed by atoms with Crippen LogP contribution in [-0.2, 0) is 11.3 Å². The number of phenols is 1. The third kappa shape index (κ3) is 9.16. The van der Waals surface area contributed by atoms with Crippen molar-refractivity contribution in [2.45, 2.75) is 45.7 Å². The number of hydrogen-bond donors (Lipinski definition) is 4. The minimum atomic E-state index is -0.638. The number of amides is 1. The first kappa shape index (κ1) is 25.4. The number of likely N-dealkylation sites (tertiary alicyclic amines) is 1. The molecule has 29 heavy (non-hydrogen) atoms. The summed E-state index contributed by atoms with van der Waals surface area (Å²) in [6, 6.07) is 4.58. The number of piperidine rings is 1. The zero-order valence-corrected chi connectivity index (χ0v) is 19.5. The van der Waals surface area contributed by atoms with Crippen molar-refractivity contribution in [3.05, 3.63) is 29.6 Å². The van der Waals surface area contributed by atoms with Gasteiger partial charge < -0.3 is 21.1 Å². The van der Waals surface area contributed by atoms with Gasteiger partial charge in [-0.3, -0.25) is 9.69 Å². The molecule has 0 spiro atoms. The Morgan fingerprint density at radius 3 is 2.62 bits per heavy atom. The first-order valence-corrected chi connectivity index (χ1v) is 10.0. The van der Waals surface area contributed by atoms with Gasteiger partial charge in [0, 0.05) is 32.2 Å². The smallest absolute Gasteiger partial charge is 0.234 e. The van der Waals surface area contributed by atoms with Gasteiger partial charge in [-0.15, -0.1) is 24.0 Å². The lowest BCUT2D eigenvalue weighted by Crippen LogP contribution is -2.50. The molecule has 4 N–H and O–H groups in total. The molecule has 1 saturated heterocycles. The molecule has 2 rings (SSSR count). The van der Waals surface area contributed by atoms with Crippen LogP contribution in [0, 0.1) is 5.82 Å². The Bertz CT molecular complexity index is 666. The number of aromatic hydroxyl groups is 1. The lowest BCUT2D eigenvalue weighted by molar-refractivity contribution is -0.122. The zero-order valence-electron chi connectivity index (χ0n) is 17.2. The van der Waals surface area contributed by atoms with Crippen molar-refractivity contribution in [1.82, 2.24) is 20.9 Å². The van der Waals surface area contributed by atoms with Gasteiger partial charge in [0.05, 0.1) is 13.1 Å². The van der Waals surface area contributed by atoms with Crippen molar-refractivity contribution >= 4 is 35.8 Å². The third-order valence-corrected chi connectivity index (χ3v) is 4.64. The molecule has 1 amide bonds. The molecular weight excluding hydrogens is 488 g/mol. The van der Waals surface area contributed by atoms with Crippen molar-refractivity contribution in [3.63, 3.8) is 0 Å². The number of nitrogens with zero attached hydrogens (tertiary/aromatic N) is 2. The fraction of sp³-hybridized carbons (Fsp3) is 0.600. The number of carbonyl (C=O) groups is 1. The van der Waals surface area contributed by atoms with Crippen LogP contribution in [0.4, 0.5) is 4.39 Å². The van der Waals surface area contributed by atoms with Gasteiger partial charge in [-0.25, -0.2) is 9.38 Å². The van der Waals surface area contributed by atoms with E-state index in [2.05, 4.69) is 25.8 Å². The van der Waals surface area contributed by atoms with E-state index in [1.807, 2.05) is 13.8 Å². The van der Waals surface area contributed by atoms with E-state index >= 15 is 0 Å². The summed E-state index contributed by atoms with van der Waals surface area (Å²) < 4.78 is 13.5. The summed E-state index contributed by atoms with van der Waals surface area (Å²) in [4.78, 5) is 18.5. The summed E-state index contributed by atoms with van der Waals surface area (Å²) >= 11 is 0. The van der Waals surface area contributed by atoms with E-state index in [-0.39, 0.29) is 41.7 Å². The summed E-state index contributed by atoms with van der Waals surface area (Å²) in [5.74, 6) is -0.215. The third-order valence-electron chi connectivity index (χ3n) is 4.64. The first-order valence-electron chi connectivity index (χ1n) is 10.0. The summed E-state index contributed by atoms with van der Waals surface area (Å²) in [6.07, 6.45) is 2.81. The molecule has 9 heteroatoms. The maximum Gasteiger partial charge on any atom is 0.234 e. The molecule has 0 unspecified atom stereocenters. The fourth-order valence-corrected chi connectivity index (χ4v) is 3.09. The number of aliphatic imine (C=N–C) groups is 1. The van der Waals surface area contributed by atoms with Gasteiger partial charge in [0.25, 0.3) is 0 Å². The molecule has 1 aromatic rings. The standard InChI is InChI=1S/C20H32FN5O2.HI/c1-3-9-23-19(28)14-26-10-7-16(8-11-26)25-20(22-4-2)24-13-15-5-6-18(27)17(21)12-15;/h5-6,12,16,27H,3-4,7-11,13-14H2,1-2H3,(H,23,28)(H2,22,24,25);1H. The SMILES string of the molecule is CCCNC(=O)CN1CCC(NC(=NCc2ccc(O)c(F)c2)NCC)CC1.I. The Balaban J connectivity index is 0.00000420. The second-order valence-electron chi connectivity index (χ2n) is 7.03. The number of rotatable bonds is 8. The number of benzene rings is 1. The zero-order chi connectivity index (χ0) is 20.4. The summed E-state index contributed by atoms with van der Waals surface area (Å²) in [5, 5.41) is 18.8. The van der Waals surface area contributed by atoms with Crippen LogP contribution < -0.4 is 16.0 Å². The van der Waals surface area contributed by atoms with E-state index in [1.54, 1.807) is 6.07 Å². The van der Waals surface area contributed by atoms with Gasteiger partial charge in [-0.2, -0.15) is 0 Å². The van der Waals surface area contributed by atoms with Crippen LogP contribution in [0.25, 0.3) is 0 Å². The molecular formula is C20H33FIN5O2. The van der Waals surface area contributed by atoms with E-state index < -0.39 is 5.82 Å². The molecule has 1 fully saturated rings. The number of hydrogen-bond acceptors (Lipinski definition) is 4. The molecule has 7 nitrogen and oxygen atoms in total. The minimum Gasteiger partial charge on any atom is -0.505 e. The van der Waals surface area contributed by atoms with Crippen LogP contribution in [0.2, 0.25) is 0 Å². The van der Waals surface area contributed by atoms with E-state index in [0.29, 0.717) is 24.6 Å². The Morgan fingerprint density at radius 2 is 2.00 bits per heavy atom. The second-order valence-corrected chi connectivity index (χ2v) is 7.03. The van der Waals surface area contributed by atoms with Gasteiger partial charge >= 0.3 is 0 Å². The number of phenolic OH excluding ortho intramolecular Hbond substituents is 1. The van der Waals surface area contributed by atoms with Crippen LogP contribution in [0.15, 0.2) is 23.2 Å². The maximum atomic E-state index is 13.5. The van der Waals surface area contributed by atoms with Crippen LogP contribution in [0.3, 0.4) is 0 Å². The van der Waals surface area contributed by atoms with Crippen molar-refractivity contribution in [1.29, 1.82) is 0 Å². The second kappa shape index (κ2) is 13.6. The highest BCUT2D eigenvalue weighted by Crippen LogP contribution is 2.16. The van der Waals surface area contributed by atoms with Crippen molar-refractivity contribution in [2.75, 3.05) is 32.7 Å². The summed E-state index contributed by atoms with van der Waals surface area (Å²) in [5.41, 5.74) is 0.695. The van der Waals surface area contributed by atoms with E-state index in [1.165, 1.54) is 12.1 Å². The van der Waals surface area contributed by atoms with Gasteiger partial charge in [-0.1, -0.05) is 13.0 Å². The molecule has 0 aromatic heterocycles. The Hall–Kier alpha value is -1.62. The van der Waals surface area contributed by atoms with Crippen LogP contribution in [0.1, 0.15) is 38.7 Å². The number of nitrogens with one attached hydrogen (secondary N) is 3. The minimum absolute atomic E-state index is 0. The molecule has 0 aliphatic carbocycles. The van der Waals surface area contributed by atoms with Gasteiger partial charge in [0.2, 0.25) is 5.91 Å². The highest BCUT2D eigenvalue weighted by molar-refractivity contribution is 14.0. The lowest BCUT2D eigenvalue weighted by atomic mass is 10.1. The van der Waals surface area contributed by atoms with Crippen LogP contribution in [0.5, 0.6) is 5.75 Å². The van der Waals surface area contributed by atoms with E-state index in [9.17, 15) is 14.3 Å². The van der Waals surface area contributed by atoms with Crippen molar-refractivity contribution in [2.24, 2.45) is 4.99 Å². The lowest BCUT2D eigenvalue weighted by Gasteiger charge is -2.32. The molecule has 1 aliphatic heterocycles. The molecule has 1 heterocycles. The van der Waals surface area contributed by atoms with Crippen LogP contribution in [-0.4, -0.2) is 60.6 Å². The Morgan fingerprint density at radius 1 is 1.28 bits per heavy atom. The fourth-order valence-electron chi connectivity index (χ4n) is 3.09. The average Bonchev–Trinajstić information content (AvgIpc) is 2.68. The molecule has 0 atom stereocenters. The quantitative estimate of drug-likeness (QED) is 0.240. The number of halogens is 2.